The van der Waals surface area contributed by atoms with E-state index in [2.05, 4.69) is 0 Å². The van der Waals surface area contributed by atoms with E-state index in [0.29, 0.717) is 29.4 Å². The Morgan fingerprint density at radius 3 is 2.80 bits per heavy atom. The summed E-state index contributed by atoms with van der Waals surface area (Å²) >= 11 is 6.02. The molecule has 0 radical (unpaired) electrons. The van der Waals surface area contributed by atoms with Gasteiger partial charge in [0.05, 0.1) is 17.7 Å². The maximum absolute atomic E-state index is 13.9. The van der Waals surface area contributed by atoms with E-state index in [9.17, 15) is 9.18 Å². The molecule has 0 spiro atoms. The Morgan fingerprint density at radius 2 is 2.05 bits per heavy atom. The van der Waals surface area contributed by atoms with Gasteiger partial charge in [-0.3, -0.25) is 4.79 Å². The van der Waals surface area contributed by atoms with Crippen LogP contribution in [0.5, 0.6) is 5.75 Å². The van der Waals surface area contributed by atoms with Crippen LogP contribution in [0, 0.1) is 12.7 Å². The second-order valence-corrected chi connectivity index (χ2v) is 5.29. The maximum atomic E-state index is 13.9. The van der Waals surface area contributed by atoms with Gasteiger partial charge in [-0.25, -0.2) is 4.39 Å². The van der Waals surface area contributed by atoms with Crippen LogP contribution in [-0.4, -0.2) is 12.4 Å². The monoisotopic (exact) mass is 290 g/mol. The van der Waals surface area contributed by atoms with Crippen molar-refractivity contribution in [1.82, 2.24) is 0 Å². The quantitative estimate of drug-likeness (QED) is 0.783. The molecule has 0 aromatic heterocycles. The van der Waals surface area contributed by atoms with E-state index in [1.807, 2.05) is 0 Å². The lowest BCUT2D eigenvalue weighted by Gasteiger charge is -2.09. The molecule has 2 aromatic rings. The van der Waals surface area contributed by atoms with Gasteiger partial charge in [0.1, 0.15) is 11.6 Å². The summed E-state index contributed by atoms with van der Waals surface area (Å²) in [4.78, 5) is 12.5. The first-order valence-corrected chi connectivity index (χ1v) is 6.70. The molecule has 0 saturated heterocycles. The molecule has 1 aliphatic heterocycles. The lowest BCUT2D eigenvalue weighted by atomic mass is 9.98. The van der Waals surface area contributed by atoms with Gasteiger partial charge in [-0.05, 0) is 42.3 Å². The SMILES string of the molecule is Cc1ccc(C(=O)c2cc(Cl)cc3c2OCC3)c(F)c1. The Bertz CT molecular complexity index is 710. The van der Waals surface area contributed by atoms with Crippen molar-refractivity contribution in [3.05, 3.63) is 63.4 Å². The maximum Gasteiger partial charge on any atom is 0.199 e. The minimum atomic E-state index is -0.526. The molecule has 2 nitrogen and oxygen atoms in total. The Hall–Kier alpha value is -1.87. The molecule has 20 heavy (non-hydrogen) atoms. The molecule has 0 aliphatic carbocycles. The Morgan fingerprint density at radius 1 is 1.25 bits per heavy atom. The van der Waals surface area contributed by atoms with Crippen LogP contribution in [0.2, 0.25) is 5.02 Å². The molecule has 0 saturated carbocycles. The van der Waals surface area contributed by atoms with E-state index in [4.69, 9.17) is 16.3 Å². The molecule has 1 aliphatic rings. The van der Waals surface area contributed by atoms with Crippen LogP contribution in [0.3, 0.4) is 0 Å². The smallest absolute Gasteiger partial charge is 0.199 e. The molecule has 0 fully saturated rings. The number of fused-ring (bicyclic) bond motifs is 1. The minimum Gasteiger partial charge on any atom is -0.492 e. The number of carbonyl (C=O) groups excluding carboxylic acids is 1. The summed E-state index contributed by atoms with van der Waals surface area (Å²) < 4.78 is 19.4. The first-order valence-electron chi connectivity index (χ1n) is 6.32. The highest BCUT2D eigenvalue weighted by Crippen LogP contribution is 2.34. The highest BCUT2D eigenvalue weighted by molar-refractivity contribution is 6.31. The number of ether oxygens (including phenoxy) is 1. The van der Waals surface area contributed by atoms with E-state index in [0.717, 1.165) is 11.1 Å². The molecule has 0 N–H and O–H groups in total. The van der Waals surface area contributed by atoms with Crippen molar-refractivity contribution in [3.63, 3.8) is 0 Å². The van der Waals surface area contributed by atoms with Gasteiger partial charge < -0.3 is 4.74 Å². The molecule has 4 heteroatoms. The normalized spacial score (nSPS) is 12.9. The van der Waals surface area contributed by atoms with Gasteiger partial charge in [-0.2, -0.15) is 0 Å². The first-order chi connectivity index (χ1) is 9.56. The molecule has 0 bridgehead atoms. The zero-order chi connectivity index (χ0) is 14.3. The third-order valence-corrected chi connectivity index (χ3v) is 3.58. The topological polar surface area (TPSA) is 26.3 Å². The van der Waals surface area contributed by atoms with Crippen LogP contribution in [-0.2, 0) is 6.42 Å². The lowest BCUT2D eigenvalue weighted by Crippen LogP contribution is -2.06. The fourth-order valence-corrected chi connectivity index (χ4v) is 2.63. The van der Waals surface area contributed by atoms with Crippen molar-refractivity contribution < 1.29 is 13.9 Å². The van der Waals surface area contributed by atoms with Gasteiger partial charge in [0.2, 0.25) is 0 Å². The molecular weight excluding hydrogens is 279 g/mol. The summed E-state index contributed by atoms with van der Waals surface area (Å²) in [6.07, 6.45) is 0.715. The van der Waals surface area contributed by atoms with Crippen molar-refractivity contribution >= 4 is 17.4 Å². The lowest BCUT2D eigenvalue weighted by molar-refractivity contribution is 0.103. The van der Waals surface area contributed by atoms with Crippen LogP contribution < -0.4 is 4.74 Å². The standard InChI is InChI=1S/C16H12ClFO2/c1-9-2-3-12(14(18)6-9)15(19)13-8-11(17)7-10-4-5-20-16(10)13/h2-3,6-8H,4-5H2,1H3. The molecule has 2 aromatic carbocycles. The van der Waals surface area contributed by atoms with Gasteiger partial charge >= 0.3 is 0 Å². The zero-order valence-corrected chi connectivity index (χ0v) is 11.6. The summed E-state index contributed by atoms with van der Waals surface area (Å²) in [6, 6.07) is 7.87. The number of benzene rings is 2. The fraction of sp³-hybridized carbons (Fsp3) is 0.188. The molecule has 0 atom stereocenters. The van der Waals surface area contributed by atoms with Gasteiger partial charge in [0.25, 0.3) is 0 Å². The first kappa shape index (κ1) is 13.1. The van der Waals surface area contributed by atoms with Crippen LogP contribution in [0.4, 0.5) is 4.39 Å². The minimum absolute atomic E-state index is 0.0376. The van der Waals surface area contributed by atoms with Crippen molar-refractivity contribution in [2.24, 2.45) is 0 Å². The van der Waals surface area contributed by atoms with E-state index in [1.165, 1.54) is 18.2 Å². The summed E-state index contributed by atoms with van der Waals surface area (Å²) in [7, 11) is 0. The zero-order valence-electron chi connectivity index (χ0n) is 10.9. The highest BCUT2D eigenvalue weighted by Gasteiger charge is 2.24. The van der Waals surface area contributed by atoms with Gasteiger partial charge in [0, 0.05) is 11.4 Å². The molecule has 1 heterocycles. The van der Waals surface area contributed by atoms with E-state index in [-0.39, 0.29) is 5.56 Å². The van der Waals surface area contributed by atoms with Crippen molar-refractivity contribution in [2.75, 3.05) is 6.61 Å². The number of hydrogen-bond acceptors (Lipinski definition) is 2. The number of rotatable bonds is 2. The highest BCUT2D eigenvalue weighted by atomic mass is 35.5. The molecule has 3 rings (SSSR count). The number of hydrogen-bond donors (Lipinski definition) is 0. The number of carbonyl (C=O) groups is 1. The Kier molecular flexibility index (Phi) is 3.22. The second-order valence-electron chi connectivity index (χ2n) is 4.85. The molecular formula is C16H12ClFO2. The van der Waals surface area contributed by atoms with E-state index >= 15 is 0 Å². The number of halogens is 2. The predicted molar refractivity (Wildman–Crippen MR) is 75.2 cm³/mol. The van der Waals surface area contributed by atoms with Gasteiger partial charge in [0.15, 0.2) is 5.78 Å². The number of ketones is 1. The van der Waals surface area contributed by atoms with Crippen molar-refractivity contribution in [1.29, 1.82) is 0 Å². The van der Waals surface area contributed by atoms with Crippen LogP contribution in [0.15, 0.2) is 30.3 Å². The average molecular weight is 291 g/mol. The van der Waals surface area contributed by atoms with Crippen LogP contribution >= 0.6 is 11.6 Å². The van der Waals surface area contributed by atoms with Crippen LogP contribution in [0.1, 0.15) is 27.0 Å². The summed E-state index contributed by atoms with van der Waals surface area (Å²) in [6.45, 7) is 2.30. The Balaban J connectivity index is 2.11. The molecule has 102 valence electrons. The largest absolute Gasteiger partial charge is 0.492 e. The molecule has 0 amide bonds. The fourth-order valence-electron chi connectivity index (χ4n) is 2.39. The van der Waals surface area contributed by atoms with Crippen LogP contribution in [0.25, 0.3) is 0 Å². The predicted octanol–water partition coefficient (Wildman–Crippen LogP) is 3.95. The third-order valence-electron chi connectivity index (χ3n) is 3.36. The van der Waals surface area contributed by atoms with Crippen molar-refractivity contribution in [2.45, 2.75) is 13.3 Å². The van der Waals surface area contributed by atoms with Crippen molar-refractivity contribution in [3.8, 4) is 5.75 Å². The summed E-state index contributed by atoms with van der Waals surface area (Å²) in [5.74, 6) is -0.399. The van der Waals surface area contributed by atoms with Gasteiger partial charge in [-0.1, -0.05) is 17.7 Å². The van der Waals surface area contributed by atoms with Gasteiger partial charge in [-0.15, -0.1) is 0 Å². The van der Waals surface area contributed by atoms with E-state index in [1.54, 1.807) is 19.1 Å². The summed E-state index contributed by atoms with van der Waals surface area (Å²) in [5, 5.41) is 0.463. The molecule has 0 unspecified atom stereocenters. The second kappa shape index (κ2) is 4.91. The Labute approximate surface area is 121 Å². The average Bonchev–Trinajstić information content (AvgIpc) is 2.85. The third kappa shape index (κ3) is 2.18. The van der Waals surface area contributed by atoms with E-state index < -0.39 is 11.6 Å². The number of aryl methyl sites for hydroxylation is 1. The summed E-state index contributed by atoms with van der Waals surface area (Å²) in [5.41, 5.74) is 2.03.